The van der Waals surface area contributed by atoms with Crippen LogP contribution in [0.5, 0.6) is 5.75 Å². The molecule has 0 fully saturated rings. The molecular formula is C12H16N2O3. The van der Waals surface area contributed by atoms with Crippen LogP contribution in [0.4, 0.5) is 4.79 Å². The molecule has 5 nitrogen and oxygen atoms in total. The molecule has 0 aromatic heterocycles. The summed E-state index contributed by atoms with van der Waals surface area (Å²) in [7, 11) is 0. The second-order valence-corrected chi connectivity index (χ2v) is 3.42. The lowest BCUT2D eigenvalue weighted by molar-refractivity contribution is 0.145. The number of carbonyl (C=O) groups excluding carboxylic acids is 1. The molecule has 1 aromatic carbocycles. The molecule has 0 radical (unpaired) electrons. The van der Waals surface area contributed by atoms with Crippen molar-refractivity contribution in [3.8, 4) is 5.75 Å². The van der Waals surface area contributed by atoms with Crippen molar-refractivity contribution in [2.75, 3.05) is 6.61 Å². The van der Waals surface area contributed by atoms with Gasteiger partial charge in [-0.15, -0.1) is 0 Å². The first-order valence-corrected chi connectivity index (χ1v) is 5.48. The van der Waals surface area contributed by atoms with Crippen LogP contribution in [0.25, 0.3) is 0 Å². The van der Waals surface area contributed by atoms with E-state index in [4.69, 9.17) is 4.74 Å². The van der Waals surface area contributed by atoms with E-state index in [1.807, 2.05) is 6.92 Å². The number of benzene rings is 1. The normalized spacial score (nSPS) is 10.4. The van der Waals surface area contributed by atoms with Gasteiger partial charge in [-0.05, 0) is 18.6 Å². The van der Waals surface area contributed by atoms with Gasteiger partial charge in [-0.1, -0.05) is 25.5 Å². The van der Waals surface area contributed by atoms with Gasteiger partial charge >= 0.3 is 6.09 Å². The van der Waals surface area contributed by atoms with Crippen LogP contribution in [-0.4, -0.2) is 24.0 Å². The van der Waals surface area contributed by atoms with Gasteiger partial charge < -0.3 is 9.84 Å². The molecule has 0 saturated carbocycles. The molecule has 0 aliphatic rings. The van der Waals surface area contributed by atoms with Gasteiger partial charge in [0.05, 0.1) is 12.8 Å². The van der Waals surface area contributed by atoms with Crippen molar-refractivity contribution in [2.24, 2.45) is 5.10 Å². The number of rotatable bonds is 5. The fraction of sp³-hybridized carbons (Fsp3) is 0.333. The monoisotopic (exact) mass is 236 g/mol. The third-order valence-electron chi connectivity index (χ3n) is 2.03. The van der Waals surface area contributed by atoms with Crippen LogP contribution in [0, 0.1) is 0 Å². The minimum atomic E-state index is -0.592. The second-order valence-electron chi connectivity index (χ2n) is 3.42. The Balaban J connectivity index is 2.35. The van der Waals surface area contributed by atoms with Crippen molar-refractivity contribution in [3.63, 3.8) is 0 Å². The average molecular weight is 236 g/mol. The fourth-order valence-corrected chi connectivity index (χ4v) is 1.09. The lowest BCUT2D eigenvalue weighted by Crippen LogP contribution is -2.19. The zero-order valence-corrected chi connectivity index (χ0v) is 9.72. The molecule has 92 valence electrons. The van der Waals surface area contributed by atoms with Crippen LogP contribution in [0.2, 0.25) is 0 Å². The van der Waals surface area contributed by atoms with Crippen molar-refractivity contribution >= 4 is 12.3 Å². The molecular weight excluding hydrogens is 220 g/mol. The van der Waals surface area contributed by atoms with Gasteiger partial charge in [0.2, 0.25) is 0 Å². The molecule has 0 bridgehead atoms. The number of nitrogens with zero attached hydrogens (tertiary/aromatic N) is 1. The Bertz CT molecular complexity index is 391. The maximum atomic E-state index is 11.1. The molecule has 0 aliphatic heterocycles. The maximum Gasteiger partial charge on any atom is 0.427 e. The topological polar surface area (TPSA) is 70.9 Å². The molecule has 1 aromatic rings. The van der Waals surface area contributed by atoms with Crippen LogP contribution < -0.4 is 5.43 Å². The van der Waals surface area contributed by atoms with Crippen molar-refractivity contribution in [1.82, 2.24) is 5.43 Å². The van der Waals surface area contributed by atoms with Gasteiger partial charge in [-0.25, -0.2) is 10.2 Å². The first-order chi connectivity index (χ1) is 8.24. The van der Waals surface area contributed by atoms with Crippen molar-refractivity contribution in [1.29, 1.82) is 0 Å². The number of ether oxygens (including phenoxy) is 1. The minimum absolute atomic E-state index is 0.109. The first-order valence-electron chi connectivity index (χ1n) is 5.48. The first kappa shape index (κ1) is 13.0. The Morgan fingerprint density at radius 2 is 2.29 bits per heavy atom. The summed E-state index contributed by atoms with van der Waals surface area (Å²) in [6.45, 7) is 2.39. The summed E-state index contributed by atoms with van der Waals surface area (Å²) in [5.74, 6) is 0.109. The number of nitrogens with one attached hydrogen (secondary N) is 1. The molecule has 0 atom stereocenters. The molecule has 0 saturated heterocycles. The summed E-state index contributed by atoms with van der Waals surface area (Å²) >= 11 is 0. The fourth-order valence-electron chi connectivity index (χ4n) is 1.09. The van der Waals surface area contributed by atoms with Gasteiger partial charge in [-0.3, -0.25) is 0 Å². The van der Waals surface area contributed by atoms with Crippen LogP contribution in [0.3, 0.4) is 0 Å². The largest absolute Gasteiger partial charge is 0.507 e. The second kappa shape index (κ2) is 7.27. The number of hydrogen-bond acceptors (Lipinski definition) is 4. The highest BCUT2D eigenvalue weighted by Gasteiger charge is 1.99. The Labute approximate surface area is 100 Å². The van der Waals surface area contributed by atoms with E-state index >= 15 is 0 Å². The molecule has 0 heterocycles. The SMILES string of the molecule is CCCCOC(=O)NN=Cc1ccccc1O. The predicted octanol–water partition coefficient (Wildman–Crippen LogP) is 2.25. The maximum absolute atomic E-state index is 11.1. The summed E-state index contributed by atoms with van der Waals surface area (Å²) in [6, 6.07) is 6.70. The van der Waals surface area contributed by atoms with E-state index in [2.05, 4.69) is 10.5 Å². The lowest BCUT2D eigenvalue weighted by Gasteiger charge is -2.02. The standard InChI is InChI=1S/C12H16N2O3/c1-2-3-8-17-12(16)14-13-9-10-6-4-5-7-11(10)15/h4-7,9,15H,2-3,8H2,1H3,(H,14,16). The number of aromatic hydroxyl groups is 1. The highest BCUT2D eigenvalue weighted by Crippen LogP contribution is 2.12. The Morgan fingerprint density at radius 3 is 3.00 bits per heavy atom. The number of unbranched alkanes of at least 4 members (excludes halogenated alkanes) is 1. The van der Waals surface area contributed by atoms with E-state index < -0.39 is 6.09 Å². The Kier molecular flexibility index (Phi) is 5.57. The molecule has 1 amide bonds. The number of phenolic OH excluding ortho intramolecular Hbond substituents is 1. The Morgan fingerprint density at radius 1 is 1.53 bits per heavy atom. The van der Waals surface area contributed by atoms with Gasteiger partial charge in [0.15, 0.2) is 0 Å². The van der Waals surface area contributed by atoms with Crippen LogP contribution >= 0.6 is 0 Å². The lowest BCUT2D eigenvalue weighted by atomic mass is 10.2. The van der Waals surface area contributed by atoms with E-state index in [0.29, 0.717) is 12.2 Å². The van der Waals surface area contributed by atoms with Crippen molar-refractivity contribution < 1.29 is 14.6 Å². The van der Waals surface area contributed by atoms with Gasteiger partial charge in [0.25, 0.3) is 0 Å². The molecule has 0 spiro atoms. The quantitative estimate of drug-likeness (QED) is 0.468. The number of amides is 1. The Hall–Kier alpha value is -2.04. The zero-order valence-electron chi connectivity index (χ0n) is 9.72. The smallest absolute Gasteiger partial charge is 0.427 e. The molecule has 1 rings (SSSR count). The highest BCUT2D eigenvalue weighted by atomic mass is 16.5. The zero-order chi connectivity index (χ0) is 12.5. The van der Waals surface area contributed by atoms with Crippen molar-refractivity contribution in [2.45, 2.75) is 19.8 Å². The molecule has 0 unspecified atom stereocenters. The molecule has 17 heavy (non-hydrogen) atoms. The highest BCUT2D eigenvalue weighted by molar-refractivity contribution is 5.84. The summed E-state index contributed by atoms with van der Waals surface area (Å²) < 4.78 is 4.82. The number of carbonyl (C=O) groups is 1. The van der Waals surface area contributed by atoms with Gasteiger partial charge in [0.1, 0.15) is 5.75 Å². The molecule has 5 heteroatoms. The molecule has 0 aliphatic carbocycles. The van der Waals surface area contributed by atoms with E-state index in [1.165, 1.54) is 6.21 Å². The minimum Gasteiger partial charge on any atom is -0.507 e. The average Bonchev–Trinajstić information content (AvgIpc) is 2.32. The summed E-state index contributed by atoms with van der Waals surface area (Å²) in [5.41, 5.74) is 2.74. The molecule has 2 N–H and O–H groups in total. The van der Waals surface area contributed by atoms with E-state index in [1.54, 1.807) is 24.3 Å². The number of hydrogen-bond donors (Lipinski definition) is 2. The van der Waals surface area contributed by atoms with Crippen LogP contribution in [-0.2, 0) is 4.74 Å². The van der Waals surface area contributed by atoms with Crippen LogP contribution in [0.1, 0.15) is 25.3 Å². The van der Waals surface area contributed by atoms with Gasteiger partial charge in [-0.2, -0.15) is 5.10 Å². The summed E-state index contributed by atoms with van der Waals surface area (Å²) in [5, 5.41) is 13.1. The number of hydrazone groups is 1. The summed E-state index contributed by atoms with van der Waals surface area (Å²) in [4.78, 5) is 11.1. The van der Waals surface area contributed by atoms with Gasteiger partial charge in [0, 0.05) is 5.56 Å². The number of para-hydroxylation sites is 1. The number of phenols is 1. The van der Waals surface area contributed by atoms with E-state index in [0.717, 1.165) is 12.8 Å². The van der Waals surface area contributed by atoms with Crippen molar-refractivity contribution in [3.05, 3.63) is 29.8 Å². The van der Waals surface area contributed by atoms with Crippen LogP contribution in [0.15, 0.2) is 29.4 Å². The third-order valence-corrected chi connectivity index (χ3v) is 2.03. The summed E-state index contributed by atoms with van der Waals surface area (Å²) in [6.07, 6.45) is 2.56. The predicted molar refractivity (Wildman–Crippen MR) is 65.1 cm³/mol. The van der Waals surface area contributed by atoms with E-state index in [-0.39, 0.29) is 5.75 Å². The third kappa shape index (κ3) is 5.01. The van der Waals surface area contributed by atoms with E-state index in [9.17, 15) is 9.90 Å².